The molecule has 3 heteroatoms. The second-order valence-electron chi connectivity index (χ2n) is 5.00. The second kappa shape index (κ2) is 7.00. The standard InChI is InChI=1S/C18H19O2P/c1-15-18(13-8-14-19-15)20-21(16-9-4-2-5-10-16)17-11-6-3-7-12-17/h2-13,15,18H,14H2,1H3/t15?,18-/m0/s1. The molecule has 0 amide bonds. The lowest BCUT2D eigenvalue weighted by Crippen LogP contribution is -2.31. The average molecular weight is 298 g/mol. The van der Waals surface area contributed by atoms with Gasteiger partial charge in [-0.3, -0.25) is 0 Å². The van der Waals surface area contributed by atoms with Gasteiger partial charge in [-0.15, -0.1) is 0 Å². The number of hydrogen-bond acceptors (Lipinski definition) is 2. The summed E-state index contributed by atoms with van der Waals surface area (Å²) in [7, 11) is -0.832. The van der Waals surface area contributed by atoms with Gasteiger partial charge in [0.05, 0.1) is 20.9 Å². The largest absolute Gasteiger partial charge is 0.371 e. The number of benzene rings is 2. The van der Waals surface area contributed by atoms with Crippen molar-refractivity contribution in [3.05, 3.63) is 72.8 Å². The first-order chi connectivity index (χ1) is 10.3. The minimum Gasteiger partial charge on any atom is -0.371 e. The van der Waals surface area contributed by atoms with E-state index in [9.17, 15) is 0 Å². The van der Waals surface area contributed by atoms with E-state index in [-0.39, 0.29) is 12.2 Å². The van der Waals surface area contributed by atoms with Crippen LogP contribution in [0.4, 0.5) is 0 Å². The lowest BCUT2D eigenvalue weighted by Gasteiger charge is -2.29. The Bertz CT molecular complexity index is 543. The number of hydrogen-bond donors (Lipinski definition) is 0. The van der Waals surface area contributed by atoms with Gasteiger partial charge in [0.2, 0.25) is 0 Å². The molecule has 2 aromatic carbocycles. The van der Waals surface area contributed by atoms with Gasteiger partial charge in [-0.25, -0.2) is 0 Å². The van der Waals surface area contributed by atoms with Crippen molar-refractivity contribution in [2.45, 2.75) is 19.1 Å². The van der Waals surface area contributed by atoms with Crippen molar-refractivity contribution >= 4 is 18.8 Å². The van der Waals surface area contributed by atoms with Crippen molar-refractivity contribution in [1.82, 2.24) is 0 Å². The monoisotopic (exact) mass is 298 g/mol. The third kappa shape index (κ3) is 3.59. The van der Waals surface area contributed by atoms with Gasteiger partial charge >= 0.3 is 0 Å². The van der Waals surface area contributed by atoms with Crippen LogP contribution in [0.5, 0.6) is 0 Å². The third-order valence-electron chi connectivity index (χ3n) is 3.45. The van der Waals surface area contributed by atoms with Gasteiger partial charge in [0.15, 0.2) is 0 Å². The van der Waals surface area contributed by atoms with Crippen molar-refractivity contribution in [2.75, 3.05) is 6.61 Å². The Morgan fingerprint density at radius 2 is 1.52 bits per heavy atom. The Balaban J connectivity index is 1.90. The molecule has 0 fully saturated rings. The SMILES string of the molecule is CC1OCC=C[C@@H]1OP(c1ccccc1)c1ccccc1. The van der Waals surface area contributed by atoms with Crippen LogP contribution >= 0.6 is 8.15 Å². The third-order valence-corrected chi connectivity index (χ3v) is 5.44. The lowest BCUT2D eigenvalue weighted by molar-refractivity contribution is 0.0129. The van der Waals surface area contributed by atoms with E-state index in [1.807, 2.05) is 18.2 Å². The Morgan fingerprint density at radius 3 is 2.05 bits per heavy atom. The van der Waals surface area contributed by atoms with Crippen molar-refractivity contribution in [3.8, 4) is 0 Å². The summed E-state index contributed by atoms with van der Waals surface area (Å²) < 4.78 is 12.1. The van der Waals surface area contributed by atoms with Gasteiger partial charge in [-0.1, -0.05) is 72.8 Å². The molecule has 0 saturated heterocycles. The van der Waals surface area contributed by atoms with Gasteiger partial charge in [-0.2, -0.15) is 0 Å². The molecule has 1 unspecified atom stereocenters. The predicted octanol–water partition coefficient (Wildman–Crippen LogP) is 3.39. The van der Waals surface area contributed by atoms with Crippen molar-refractivity contribution in [2.24, 2.45) is 0 Å². The van der Waals surface area contributed by atoms with Gasteiger partial charge in [0.1, 0.15) is 6.10 Å². The van der Waals surface area contributed by atoms with Crippen LogP contribution in [0.1, 0.15) is 6.92 Å². The molecule has 0 aromatic heterocycles. The molecule has 0 spiro atoms. The Kier molecular flexibility index (Phi) is 4.82. The summed E-state index contributed by atoms with van der Waals surface area (Å²) in [5, 5.41) is 2.45. The molecular formula is C18H19O2P. The topological polar surface area (TPSA) is 18.5 Å². The summed E-state index contributed by atoms with van der Waals surface area (Å²) in [6.07, 6.45) is 4.25. The molecule has 0 radical (unpaired) electrons. The fourth-order valence-corrected chi connectivity index (χ4v) is 4.20. The molecule has 2 nitrogen and oxygen atoms in total. The van der Waals surface area contributed by atoms with Crippen molar-refractivity contribution in [1.29, 1.82) is 0 Å². The Hall–Kier alpha value is -1.47. The maximum atomic E-state index is 6.43. The number of rotatable bonds is 4. The maximum Gasteiger partial charge on any atom is 0.107 e. The summed E-state index contributed by atoms with van der Waals surface area (Å²) in [4.78, 5) is 0. The van der Waals surface area contributed by atoms with Crippen LogP contribution in [0.25, 0.3) is 0 Å². The smallest absolute Gasteiger partial charge is 0.107 e. The van der Waals surface area contributed by atoms with E-state index in [1.54, 1.807) is 0 Å². The molecule has 1 aliphatic heterocycles. The van der Waals surface area contributed by atoms with Gasteiger partial charge in [0, 0.05) is 10.6 Å². The fourth-order valence-electron chi connectivity index (χ4n) is 2.29. The minimum atomic E-state index is -0.832. The molecule has 0 N–H and O–H groups in total. The van der Waals surface area contributed by atoms with Crippen molar-refractivity contribution < 1.29 is 9.26 Å². The Labute approximate surface area is 127 Å². The highest BCUT2D eigenvalue weighted by Crippen LogP contribution is 2.38. The van der Waals surface area contributed by atoms with E-state index in [0.717, 1.165) is 0 Å². The zero-order valence-electron chi connectivity index (χ0n) is 12.1. The minimum absolute atomic E-state index is 0.00488. The van der Waals surface area contributed by atoms with Crippen LogP contribution in [0.2, 0.25) is 0 Å². The van der Waals surface area contributed by atoms with Crippen LogP contribution in [0.3, 0.4) is 0 Å². The highest BCUT2D eigenvalue weighted by Gasteiger charge is 2.25. The van der Waals surface area contributed by atoms with Crippen LogP contribution < -0.4 is 10.6 Å². The molecule has 21 heavy (non-hydrogen) atoms. The van der Waals surface area contributed by atoms with Crippen LogP contribution in [-0.2, 0) is 9.26 Å². The van der Waals surface area contributed by atoms with E-state index in [0.29, 0.717) is 6.61 Å². The highest BCUT2D eigenvalue weighted by molar-refractivity contribution is 7.68. The van der Waals surface area contributed by atoms with E-state index in [1.165, 1.54) is 10.6 Å². The maximum absolute atomic E-state index is 6.43. The summed E-state index contributed by atoms with van der Waals surface area (Å²) in [6, 6.07) is 20.9. The summed E-state index contributed by atoms with van der Waals surface area (Å²) in [5.74, 6) is 0. The molecular weight excluding hydrogens is 279 g/mol. The predicted molar refractivity (Wildman–Crippen MR) is 88.5 cm³/mol. The molecule has 0 saturated carbocycles. The van der Waals surface area contributed by atoms with E-state index in [4.69, 9.17) is 9.26 Å². The van der Waals surface area contributed by atoms with Crippen molar-refractivity contribution in [3.63, 3.8) is 0 Å². The molecule has 1 heterocycles. The number of ether oxygens (including phenoxy) is 1. The van der Waals surface area contributed by atoms with Crippen LogP contribution in [-0.4, -0.2) is 18.8 Å². The molecule has 2 aromatic rings. The molecule has 0 aliphatic carbocycles. The highest BCUT2D eigenvalue weighted by atomic mass is 31.1. The summed E-state index contributed by atoms with van der Waals surface area (Å²) in [5.41, 5.74) is 0. The van der Waals surface area contributed by atoms with E-state index >= 15 is 0 Å². The average Bonchev–Trinajstić information content (AvgIpc) is 2.56. The first-order valence-electron chi connectivity index (χ1n) is 7.20. The molecule has 108 valence electrons. The summed E-state index contributed by atoms with van der Waals surface area (Å²) in [6.45, 7) is 2.74. The van der Waals surface area contributed by atoms with Gasteiger partial charge in [0.25, 0.3) is 0 Å². The molecule has 0 bridgehead atoms. The quantitative estimate of drug-likeness (QED) is 0.636. The molecule has 3 rings (SSSR count). The van der Waals surface area contributed by atoms with E-state index < -0.39 is 8.15 Å². The second-order valence-corrected chi connectivity index (χ2v) is 6.83. The molecule has 1 aliphatic rings. The zero-order valence-corrected chi connectivity index (χ0v) is 12.9. The van der Waals surface area contributed by atoms with Crippen LogP contribution in [0, 0.1) is 0 Å². The molecule has 2 atom stereocenters. The first-order valence-corrected chi connectivity index (χ1v) is 8.46. The summed E-state index contributed by atoms with van der Waals surface area (Å²) >= 11 is 0. The first kappa shape index (κ1) is 14.5. The van der Waals surface area contributed by atoms with E-state index in [2.05, 4.69) is 61.5 Å². The van der Waals surface area contributed by atoms with Gasteiger partial charge < -0.3 is 9.26 Å². The van der Waals surface area contributed by atoms with Gasteiger partial charge in [-0.05, 0) is 6.92 Å². The van der Waals surface area contributed by atoms with Crippen LogP contribution in [0.15, 0.2) is 72.8 Å². The zero-order chi connectivity index (χ0) is 14.5. The Morgan fingerprint density at radius 1 is 0.952 bits per heavy atom. The normalized spacial score (nSPS) is 21.6. The fraction of sp³-hybridized carbons (Fsp3) is 0.222. The lowest BCUT2D eigenvalue weighted by atomic mass is 10.2.